The monoisotopic (exact) mass is 321 g/mol. The van der Waals surface area contributed by atoms with Crippen LogP contribution in [-0.2, 0) is 9.53 Å². The van der Waals surface area contributed by atoms with Gasteiger partial charge in [-0.05, 0) is 12.8 Å². The van der Waals surface area contributed by atoms with Gasteiger partial charge >= 0.3 is 5.97 Å². The summed E-state index contributed by atoms with van der Waals surface area (Å²) in [6, 6.07) is 0. The lowest BCUT2D eigenvalue weighted by Crippen LogP contribution is -3.00. The first-order valence-corrected chi connectivity index (χ1v) is 8.40. The van der Waals surface area contributed by atoms with Gasteiger partial charge in [-0.15, -0.1) is 0 Å². The fourth-order valence-electron chi connectivity index (χ4n) is 2.52. The fraction of sp³-hybridized carbons (Fsp3) is 0.941. The summed E-state index contributed by atoms with van der Waals surface area (Å²) in [4.78, 5) is 11.3. The first-order valence-electron chi connectivity index (χ1n) is 8.40. The van der Waals surface area contributed by atoms with E-state index in [1.165, 1.54) is 71.3 Å². The second kappa shape index (κ2) is 14.6. The zero-order valence-electron chi connectivity index (χ0n) is 14.6. The van der Waals surface area contributed by atoms with Gasteiger partial charge in [-0.1, -0.05) is 58.3 Å². The van der Waals surface area contributed by atoms with E-state index in [-0.39, 0.29) is 18.4 Å². The number of quaternary nitrogens is 1. The second-order valence-corrected chi connectivity index (χ2v) is 6.58. The third-order valence-electron chi connectivity index (χ3n) is 3.90. The Morgan fingerprint density at radius 1 is 0.857 bits per heavy atom. The van der Waals surface area contributed by atoms with Crippen molar-refractivity contribution in [3.05, 3.63) is 0 Å². The topological polar surface area (TPSA) is 26.3 Å². The summed E-state index contributed by atoms with van der Waals surface area (Å²) in [5.74, 6) is -0.109. The quantitative estimate of drug-likeness (QED) is 0.289. The molecule has 0 rings (SSSR count). The maximum atomic E-state index is 11.3. The molecule has 0 fully saturated rings. The molecule has 3 nitrogen and oxygen atoms in total. The summed E-state index contributed by atoms with van der Waals surface area (Å²) in [7, 11) is 5.66. The van der Waals surface area contributed by atoms with E-state index >= 15 is 0 Å². The minimum Gasteiger partial charge on any atom is -1.00 e. The van der Waals surface area contributed by atoms with Crippen molar-refractivity contribution in [2.24, 2.45) is 0 Å². The number of ether oxygens (including phenoxy) is 1. The van der Waals surface area contributed by atoms with Crippen LogP contribution in [-0.4, -0.2) is 44.7 Å². The Morgan fingerprint density at radius 2 is 1.29 bits per heavy atom. The van der Waals surface area contributed by atoms with Crippen LogP contribution in [0.15, 0.2) is 0 Å². The molecule has 0 aromatic carbocycles. The van der Waals surface area contributed by atoms with Crippen molar-refractivity contribution in [1.29, 1.82) is 0 Å². The summed E-state index contributed by atoms with van der Waals surface area (Å²) >= 11 is 0. The molecule has 4 heteroatoms. The van der Waals surface area contributed by atoms with Crippen LogP contribution in [0.4, 0.5) is 0 Å². The number of rotatable bonds is 13. The normalized spacial score (nSPS) is 11.0. The lowest BCUT2D eigenvalue weighted by atomic mass is 10.1. The Bertz CT molecular complexity index is 245. The molecular weight excluding hydrogens is 286 g/mol. The summed E-state index contributed by atoms with van der Waals surface area (Å²) in [5, 5.41) is 0. The van der Waals surface area contributed by atoms with Crippen molar-refractivity contribution in [2.45, 2.75) is 71.1 Å². The average molecular weight is 322 g/mol. The highest BCUT2D eigenvalue weighted by atomic mass is 35.5. The Kier molecular flexibility index (Phi) is 16.0. The van der Waals surface area contributed by atoms with Crippen LogP contribution in [0.25, 0.3) is 0 Å². The molecule has 0 saturated heterocycles. The molecule has 0 radical (unpaired) electrons. The molecule has 0 saturated carbocycles. The first-order chi connectivity index (χ1) is 9.52. The number of likely N-dealkylation sites (N-methyl/N-ethyl adjacent to an activating group) is 1. The van der Waals surface area contributed by atoms with Crippen LogP contribution in [0.1, 0.15) is 71.1 Å². The molecule has 0 unspecified atom stereocenters. The molecule has 0 aliphatic carbocycles. The van der Waals surface area contributed by atoms with Gasteiger partial charge in [0, 0.05) is 0 Å². The number of halogens is 1. The number of unbranched alkanes of at least 4 members (excludes halogenated alkanes) is 9. The van der Waals surface area contributed by atoms with Gasteiger partial charge in [0.1, 0.15) is 0 Å². The summed E-state index contributed by atoms with van der Waals surface area (Å²) in [5.41, 5.74) is 0. The van der Waals surface area contributed by atoms with Crippen LogP contribution >= 0.6 is 0 Å². The van der Waals surface area contributed by atoms with E-state index in [0.29, 0.717) is 6.54 Å². The van der Waals surface area contributed by atoms with Crippen molar-refractivity contribution < 1.29 is 26.4 Å². The molecule has 0 aliphatic rings. The highest BCUT2D eigenvalue weighted by molar-refractivity contribution is 5.70. The molecule has 128 valence electrons. The molecule has 0 heterocycles. The molecule has 0 atom stereocenters. The maximum absolute atomic E-state index is 11.3. The van der Waals surface area contributed by atoms with Crippen LogP contribution in [0.2, 0.25) is 0 Å². The molecule has 0 N–H and O–H groups in total. The zero-order valence-corrected chi connectivity index (χ0v) is 15.4. The first kappa shape index (κ1) is 23.0. The molecular formula is C17H36ClNO2. The molecule has 0 spiro atoms. The summed E-state index contributed by atoms with van der Waals surface area (Å²) < 4.78 is 5.47. The van der Waals surface area contributed by atoms with Crippen LogP contribution < -0.4 is 12.4 Å². The Morgan fingerprint density at radius 3 is 1.71 bits per heavy atom. The third-order valence-corrected chi connectivity index (χ3v) is 3.90. The highest BCUT2D eigenvalue weighted by Gasteiger charge is 2.19. The standard InChI is InChI=1S/C17H36NO2.ClH/c1-5-6-7-8-9-10-11-12-13-14-15-18(2,3)16-17(19)20-4;/h5-16H2,1-4H3;1H/q+1;/p-1. The van der Waals surface area contributed by atoms with Gasteiger partial charge in [-0.25, -0.2) is 4.79 Å². The van der Waals surface area contributed by atoms with Gasteiger partial charge in [-0.2, -0.15) is 0 Å². The van der Waals surface area contributed by atoms with Gasteiger partial charge in [0.2, 0.25) is 0 Å². The van der Waals surface area contributed by atoms with Crippen molar-refractivity contribution in [3.63, 3.8) is 0 Å². The van der Waals surface area contributed by atoms with Crippen LogP contribution in [0.5, 0.6) is 0 Å². The predicted molar refractivity (Wildman–Crippen MR) is 85.7 cm³/mol. The van der Waals surface area contributed by atoms with Crippen LogP contribution in [0, 0.1) is 0 Å². The molecule has 21 heavy (non-hydrogen) atoms. The van der Waals surface area contributed by atoms with Gasteiger partial charge in [-0.3, -0.25) is 0 Å². The van der Waals surface area contributed by atoms with E-state index in [0.717, 1.165) is 11.0 Å². The highest BCUT2D eigenvalue weighted by Crippen LogP contribution is 2.11. The molecule has 0 aromatic rings. The molecule has 0 bridgehead atoms. The Labute approximate surface area is 138 Å². The Balaban J connectivity index is 0. The third kappa shape index (κ3) is 15.9. The average Bonchev–Trinajstić information content (AvgIpc) is 2.40. The minimum absolute atomic E-state index is 0. The lowest BCUT2D eigenvalue weighted by molar-refractivity contribution is -0.883. The van der Waals surface area contributed by atoms with E-state index in [4.69, 9.17) is 4.74 Å². The largest absolute Gasteiger partial charge is 1.00 e. The van der Waals surface area contributed by atoms with Gasteiger partial charge in [0.25, 0.3) is 0 Å². The van der Waals surface area contributed by atoms with Crippen molar-refractivity contribution in [1.82, 2.24) is 0 Å². The smallest absolute Gasteiger partial charge is 0.361 e. The lowest BCUT2D eigenvalue weighted by Gasteiger charge is -2.28. The summed E-state index contributed by atoms with van der Waals surface area (Å²) in [6.07, 6.45) is 13.6. The number of methoxy groups -OCH3 is 1. The predicted octanol–water partition coefficient (Wildman–Crippen LogP) is 1.16. The number of esters is 1. The van der Waals surface area contributed by atoms with E-state index in [1.807, 2.05) is 0 Å². The van der Waals surface area contributed by atoms with Crippen molar-refractivity contribution >= 4 is 5.97 Å². The fourth-order valence-corrected chi connectivity index (χ4v) is 2.52. The number of carbonyl (C=O) groups excluding carboxylic acids is 1. The van der Waals surface area contributed by atoms with Crippen LogP contribution in [0.3, 0.4) is 0 Å². The number of hydrogen-bond donors (Lipinski definition) is 0. The van der Waals surface area contributed by atoms with E-state index in [1.54, 1.807) is 0 Å². The minimum atomic E-state index is -0.109. The SMILES string of the molecule is CCCCCCCCCCCC[N+](C)(C)CC(=O)OC.[Cl-]. The second-order valence-electron chi connectivity index (χ2n) is 6.58. The molecule has 0 amide bonds. The van der Waals surface area contributed by atoms with Gasteiger partial charge in [0.05, 0.1) is 27.7 Å². The molecule has 0 aliphatic heterocycles. The zero-order chi connectivity index (χ0) is 15.3. The number of carbonyl (C=O) groups is 1. The van der Waals surface area contributed by atoms with E-state index in [9.17, 15) is 4.79 Å². The van der Waals surface area contributed by atoms with Crippen molar-refractivity contribution in [3.8, 4) is 0 Å². The maximum Gasteiger partial charge on any atom is 0.361 e. The Hall–Kier alpha value is -0.280. The van der Waals surface area contributed by atoms with E-state index < -0.39 is 0 Å². The van der Waals surface area contributed by atoms with E-state index in [2.05, 4.69) is 21.0 Å². The summed E-state index contributed by atoms with van der Waals surface area (Å²) in [6.45, 7) is 3.81. The van der Waals surface area contributed by atoms with Gasteiger partial charge < -0.3 is 21.6 Å². The number of nitrogens with zero attached hydrogens (tertiary/aromatic N) is 1. The van der Waals surface area contributed by atoms with Crippen molar-refractivity contribution in [2.75, 3.05) is 34.3 Å². The number of hydrogen-bond acceptors (Lipinski definition) is 2. The molecule has 0 aromatic heterocycles. The van der Waals surface area contributed by atoms with Gasteiger partial charge in [0.15, 0.2) is 6.54 Å².